The van der Waals surface area contributed by atoms with Gasteiger partial charge in [0.05, 0.1) is 11.8 Å². The maximum Gasteiger partial charge on any atom is 0.247 e. The minimum atomic E-state index is -0.777. The Kier molecular flexibility index (Phi) is 5.21. The smallest absolute Gasteiger partial charge is 0.247 e. The number of carbonyl (C=O) groups is 3. The van der Waals surface area contributed by atoms with E-state index in [-0.39, 0.29) is 29.6 Å². The van der Waals surface area contributed by atoms with Crippen molar-refractivity contribution in [2.24, 2.45) is 11.8 Å². The van der Waals surface area contributed by atoms with Gasteiger partial charge < -0.3 is 5.32 Å². The molecule has 1 aliphatic heterocycles. The molecule has 1 saturated heterocycles. The molecule has 3 atom stereocenters. The first-order valence-corrected chi connectivity index (χ1v) is 9.29. The topological polar surface area (TPSA) is 66.5 Å². The number of carbonyl (C=O) groups excluding carboxylic acids is 3. The second-order valence-corrected chi connectivity index (χ2v) is 7.16. The van der Waals surface area contributed by atoms with Crippen LogP contribution < -0.4 is 5.32 Å². The normalized spacial score (nSPS) is 24.2. The molecule has 0 bridgehead atoms. The summed E-state index contributed by atoms with van der Waals surface area (Å²) in [6.07, 6.45) is 5.57. The van der Waals surface area contributed by atoms with Crippen molar-refractivity contribution in [1.82, 2.24) is 4.90 Å². The lowest BCUT2D eigenvalue weighted by Gasteiger charge is -2.22. The molecule has 5 nitrogen and oxygen atoms in total. The first kappa shape index (κ1) is 17.6. The monoisotopic (exact) mass is 342 g/mol. The summed E-state index contributed by atoms with van der Waals surface area (Å²) in [6, 6.07) is 6.93. The van der Waals surface area contributed by atoms with E-state index in [2.05, 4.69) is 12.2 Å². The van der Waals surface area contributed by atoms with Gasteiger partial charge in [-0.15, -0.1) is 0 Å². The fourth-order valence-electron chi connectivity index (χ4n) is 3.98. The lowest BCUT2D eigenvalue weighted by molar-refractivity contribution is -0.146. The van der Waals surface area contributed by atoms with Crippen molar-refractivity contribution in [1.29, 1.82) is 0 Å². The van der Waals surface area contributed by atoms with Gasteiger partial charge >= 0.3 is 0 Å². The van der Waals surface area contributed by atoms with E-state index < -0.39 is 6.04 Å². The molecule has 3 unspecified atom stereocenters. The van der Waals surface area contributed by atoms with E-state index in [1.165, 1.54) is 10.5 Å². The van der Waals surface area contributed by atoms with E-state index in [0.29, 0.717) is 5.69 Å². The number of rotatable bonds is 5. The molecule has 1 aliphatic carbocycles. The summed E-state index contributed by atoms with van der Waals surface area (Å²) in [5.41, 5.74) is 1.91. The number of likely N-dealkylation sites (tertiary alicyclic amines) is 1. The first-order chi connectivity index (χ1) is 12.0. The fraction of sp³-hybridized carbons (Fsp3) is 0.550. The van der Waals surface area contributed by atoms with Crippen LogP contribution in [0.3, 0.4) is 0 Å². The van der Waals surface area contributed by atoms with Gasteiger partial charge in [0.25, 0.3) is 0 Å². The highest BCUT2D eigenvalue weighted by molar-refractivity contribution is 6.09. The maximum absolute atomic E-state index is 12.6. The second kappa shape index (κ2) is 7.38. The Labute approximate surface area is 148 Å². The number of nitrogens with one attached hydrogen (secondary N) is 1. The lowest BCUT2D eigenvalue weighted by atomic mass is 9.81. The molecule has 134 valence electrons. The maximum atomic E-state index is 12.6. The Morgan fingerprint density at radius 2 is 1.68 bits per heavy atom. The number of imide groups is 1. The minimum Gasteiger partial charge on any atom is -0.324 e. The minimum absolute atomic E-state index is 0.171. The van der Waals surface area contributed by atoms with Crippen molar-refractivity contribution >= 4 is 23.4 Å². The Morgan fingerprint density at radius 1 is 1.12 bits per heavy atom. The first-order valence-electron chi connectivity index (χ1n) is 9.29. The number of nitrogens with zero attached hydrogens (tertiary/aromatic N) is 1. The van der Waals surface area contributed by atoms with Gasteiger partial charge in [0, 0.05) is 5.69 Å². The van der Waals surface area contributed by atoms with Crippen molar-refractivity contribution in [3.8, 4) is 0 Å². The molecule has 3 amide bonds. The van der Waals surface area contributed by atoms with E-state index >= 15 is 0 Å². The number of fused-ring (bicyclic) bond motifs is 1. The quantitative estimate of drug-likeness (QED) is 0.836. The van der Waals surface area contributed by atoms with Crippen molar-refractivity contribution in [2.45, 2.75) is 58.4 Å². The highest BCUT2D eigenvalue weighted by atomic mass is 16.2. The molecule has 5 heteroatoms. The summed E-state index contributed by atoms with van der Waals surface area (Å²) in [5.74, 6) is -1.09. The van der Waals surface area contributed by atoms with Gasteiger partial charge in [-0.3, -0.25) is 19.3 Å². The molecular weight excluding hydrogens is 316 g/mol. The third-order valence-corrected chi connectivity index (χ3v) is 5.40. The summed E-state index contributed by atoms with van der Waals surface area (Å²) < 4.78 is 0. The van der Waals surface area contributed by atoms with Crippen LogP contribution >= 0.6 is 0 Å². The molecule has 3 rings (SSSR count). The highest BCUT2D eigenvalue weighted by Crippen LogP contribution is 2.38. The summed E-state index contributed by atoms with van der Waals surface area (Å²) in [6.45, 7) is 3.76. The molecule has 25 heavy (non-hydrogen) atoms. The fourth-order valence-corrected chi connectivity index (χ4v) is 3.98. The molecule has 0 spiro atoms. The number of amides is 3. The van der Waals surface area contributed by atoms with Gasteiger partial charge in [-0.25, -0.2) is 0 Å². The number of benzene rings is 1. The van der Waals surface area contributed by atoms with Gasteiger partial charge in [0.2, 0.25) is 17.7 Å². The Morgan fingerprint density at radius 3 is 2.20 bits per heavy atom. The SMILES string of the molecule is CCCc1ccc(NC(=O)C(C)N2C(=O)C3CCCCC3C2=O)cc1. The molecule has 1 aromatic carbocycles. The van der Waals surface area contributed by atoms with Crippen LogP contribution in [-0.2, 0) is 20.8 Å². The van der Waals surface area contributed by atoms with Crippen molar-refractivity contribution in [3.05, 3.63) is 29.8 Å². The third-order valence-electron chi connectivity index (χ3n) is 5.40. The summed E-state index contributed by atoms with van der Waals surface area (Å²) in [7, 11) is 0. The van der Waals surface area contributed by atoms with Crippen LogP contribution in [0.15, 0.2) is 24.3 Å². The van der Waals surface area contributed by atoms with E-state index in [1.807, 2.05) is 24.3 Å². The lowest BCUT2D eigenvalue weighted by Crippen LogP contribution is -2.46. The van der Waals surface area contributed by atoms with Gasteiger partial charge in [-0.05, 0) is 43.9 Å². The third kappa shape index (κ3) is 3.46. The zero-order valence-corrected chi connectivity index (χ0v) is 15.0. The number of aryl methyl sites for hydroxylation is 1. The van der Waals surface area contributed by atoms with E-state index in [1.54, 1.807) is 6.92 Å². The zero-order chi connectivity index (χ0) is 18.0. The van der Waals surface area contributed by atoms with Crippen LogP contribution in [0.25, 0.3) is 0 Å². The van der Waals surface area contributed by atoms with Crippen LogP contribution in [-0.4, -0.2) is 28.7 Å². The zero-order valence-electron chi connectivity index (χ0n) is 15.0. The Bertz CT molecular complexity index is 644. The Balaban J connectivity index is 1.67. The average molecular weight is 342 g/mol. The second-order valence-electron chi connectivity index (χ2n) is 7.16. The molecule has 0 radical (unpaired) electrons. The highest BCUT2D eigenvalue weighted by Gasteiger charge is 2.50. The molecule has 2 fully saturated rings. The van der Waals surface area contributed by atoms with Crippen molar-refractivity contribution in [3.63, 3.8) is 0 Å². The summed E-state index contributed by atoms with van der Waals surface area (Å²) >= 11 is 0. The number of hydrogen-bond donors (Lipinski definition) is 1. The molecule has 2 aliphatic rings. The molecule has 1 heterocycles. The van der Waals surface area contributed by atoms with Crippen LogP contribution in [0.2, 0.25) is 0 Å². The van der Waals surface area contributed by atoms with Gasteiger partial charge in [0.15, 0.2) is 0 Å². The largest absolute Gasteiger partial charge is 0.324 e. The molecular formula is C20H26N2O3. The van der Waals surface area contributed by atoms with Gasteiger partial charge in [-0.1, -0.05) is 38.3 Å². The number of hydrogen-bond acceptors (Lipinski definition) is 3. The van der Waals surface area contributed by atoms with Crippen LogP contribution in [0, 0.1) is 11.8 Å². The van der Waals surface area contributed by atoms with Crippen molar-refractivity contribution < 1.29 is 14.4 Å². The van der Waals surface area contributed by atoms with Crippen LogP contribution in [0.5, 0.6) is 0 Å². The van der Waals surface area contributed by atoms with E-state index in [0.717, 1.165) is 38.5 Å². The van der Waals surface area contributed by atoms with E-state index in [4.69, 9.17) is 0 Å². The molecule has 0 aromatic heterocycles. The Hall–Kier alpha value is -2.17. The van der Waals surface area contributed by atoms with Gasteiger partial charge in [0.1, 0.15) is 6.04 Å². The predicted molar refractivity (Wildman–Crippen MR) is 95.8 cm³/mol. The average Bonchev–Trinajstić information content (AvgIpc) is 2.87. The van der Waals surface area contributed by atoms with Crippen LogP contribution in [0.1, 0.15) is 51.5 Å². The van der Waals surface area contributed by atoms with Crippen molar-refractivity contribution in [2.75, 3.05) is 5.32 Å². The summed E-state index contributed by atoms with van der Waals surface area (Å²) in [5, 5.41) is 2.83. The molecule has 1 saturated carbocycles. The van der Waals surface area contributed by atoms with Gasteiger partial charge in [-0.2, -0.15) is 0 Å². The van der Waals surface area contributed by atoms with Crippen LogP contribution in [0.4, 0.5) is 5.69 Å². The predicted octanol–water partition coefficient (Wildman–Crippen LogP) is 3.14. The number of anilines is 1. The summed E-state index contributed by atoms with van der Waals surface area (Å²) in [4.78, 5) is 38.9. The molecule has 1 aromatic rings. The standard InChI is InChI=1S/C20H26N2O3/c1-3-6-14-9-11-15(12-10-14)21-18(23)13(2)22-19(24)16-7-4-5-8-17(16)20(22)25/h9-13,16-17H,3-8H2,1-2H3,(H,21,23). The van der Waals surface area contributed by atoms with E-state index in [9.17, 15) is 14.4 Å². The molecule has 1 N–H and O–H groups in total.